The molecule has 1 N–H and O–H groups in total. The lowest BCUT2D eigenvalue weighted by Gasteiger charge is -2.30. The number of carbonyl (C=O) groups excluding carboxylic acids is 1. The van der Waals surface area contributed by atoms with Crippen LogP contribution in [0.25, 0.3) is 10.8 Å². The SMILES string of the molecule is Cc1nnc(SCC(=O)Nc2ccc(N3CCCCC3)c3ccncc23)n1Cc1ccccc1. The van der Waals surface area contributed by atoms with Crippen molar-refractivity contribution in [3.8, 4) is 0 Å². The van der Waals surface area contributed by atoms with Gasteiger partial charge in [0.15, 0.2) is 5.16 Å². The fourth-order valence-corrected chi connectivity index (χ4v) is 5.21. The van der Waals surface area contributed by atoms with Crippen molar-refractivity contribution in [3.05, 3.63) is 72.3 Å². The molecule has 0 atom stereocenters. The van der Waals surface area contributed by atoms with Crippen molar-refractivity contribution in [2.24, 2.45) is 0 Å². The zero-order valence-corrected chi connectivity index (χ0v) is 20.1. The predicted octanol–water partition coefficient (Wildman–Crippen LogP) is 4.90. The number of hydrogen-bond donors (Lipinski definition) is 1. The number of pyridine rings is 1. The van der Waals surface area contributed by atoms with E-state index in [4.69, 9.17) is 0 Å². The van der Waals surface area contributed by atoms with Crippen LogP contribution in [0.3, 0.4) is 0 Å². The summed E-state index contributed by atoms with van der Waals surface area (Å²) in [4.78, 5) is 19.6. The van der Waals surface area contributed by atoms with Crippen LogP contribution in [-0.2, 0) is 11.3 Å². The maximum absolute atomic E-state index is 12.9. The van der Waals surface area contributed by atoms with E-state index in [1.807, 2.05) is 54.2 Å². The number of thioether (sulfide) groups is 1. The highest BCUT2D eigenvalue weighted by Gasteiger charge is 2.17. The fraction of sp³-hybridized carbons (Fsp3) is 0.308. The van der Waals surface area contributed by atoms with Crippen molar-refractivity contribution in [1.29, 1.82) is 0 Å². The predicted molar refractivity (Wildman–Crippen MR) is 137 cm³/mol. The molecule has 3 heterocycles. The Balaban J connectivity index is 1.29. The normalized spacial score (nSPS) is 13.9. The van der Waals surface area contributed by atoms with Gasteiger partial charge in [-0.05, 0) is 49.9 Å². The summed E-state index contributed by atoms with van der Waals surface area (Å²) in [6.07, 6.45) is 7.39. The number of hydrogen-bond acceptors (Lipinski definition) is 6. The first-order valence-electron chi connectivity index (χ1n) is 11.7. The molecule has 2 aromatic carbocycles. The molecule has 7 nitrogen and oxygen atoms in total. The summed E-state index contributed by atoms with van der Waals surface area (Å²) in [5, 5.41) is 14.4. The number of nitrogens with one attached hydrogen (secondary N) is 1. The molecule has 0 bridgehead atoms. The van der Waals surface area contributed by atoms with Gasteiger partial charge in [0.05, 0.1) is 18.0 Å². The van der Waals surface area contributed by atoms with E-state index in [9.17, 15) is 4.79 Å². The molecule has 2 aromatic heterocycles. The van der Waals surface area contributed by atoms with Gasteiger partial charge >= 0.3 is 0 Å². The van der Waals surface area contributed by atoms with Crippen molar-refractivity contribution in [3.63, 3.8) is 0 Å². The lowest BCUT2D eigenvalue weighted by molar-refractivity contribution is -0.113. The molecule has 0 aliphatic carbocycles. The van der Waals surface area contributed by atoms with Gasteiger partial charge in [-0.1, -0.05) is 42.1 Å². The van der Waals surface area contributed by atoms with Crippen LogP contribution < -0.4 is 10.2 Å². The molecule has 1 aliphatic heterocycles. The van der Waals surface area contributed by atoms with Gasteiger partial charge in [-0.3, -0.25) is 9.78 Å². The topological polar surface area (TPSA) is 75.9 Å². The van der Waals surface area contributed by atoms with Crippen LogP contribution in [0.2, 0.25) is 0 Å². The van der Waals surface area contributed by atoms with E-state index in [1.165, 1.54) is 42.3 Å². The highest BCUT2D eigenvalue weighted by atomic mass is 32.2. The van der Waals surface area contributed by atoms with Crippen molar-refractivity contribution in [1.82, 2.24) is 19.7 Å². The second-order valence-electron chi connectivity index (χ2n) is 8.54. The summed E-state index contributed by atoms with van der Waals surface area (Å²) in [6, 6.07) is 16.4. The minimum Gasteiger partial charge on any atom is -0.371 e. The molecular formula is C26H28N6OS. The Kier molecular flexibility index (Phi) is 6.76. The first-order chi connectivity index (χ1) is 16.7. The Labute approximate surface area is 203 Å². The van der Waals surface area contributed by atoms with E-state index in [1.54, 1.807) is 0 Å². The van der Waals surface area contributed by atoms with Crippen LogP contribution in [0.5, 0.6) is 0 Å². The highest BCUT2D eigenvalue weighted by molar-refractivity contribution is 7.99. The van der Waals surface area contributed by atoms with Gasteiger partial charge in [0.25, 0.3) is 0 Å². The monoisotopic (exact) mass is 472 g/mol. The summed E-state index contributed by atoms with van der Waals surface area (Å²) in [5.74, 6) is 1.01. The molecule has 1 saturated heterocycles. The van der Waals surface area contributed by atoms with Gasteiger partial charge < -0.3 is 14.8 Å². The Morgan fingerprint density at radius 3 is 2.65 bits per heavy atom. The largest absolute Gasteiger partial charge is 0.371 e. The lowest BCUT2D eigenvalue weighted by atomic mass is 10.1. The minimum atomic E-state index is -0.0761. The summed E-state index contributed by atoms with van der Waals surface area (Å²) >= 11 is 1.40. The minimum absolute atomic E-state index is 0.0761. The average molecular weight is 473 g/mol. The van der Waals surface area contributed by atoms with Crippen LogP contribution in [0, 0.1) is 6.92 Å². The van der Waals surface area contributed by atoms with Crippen LogP contribution in [0.15, 0.2) is 66.1 Å². The average Bonchev–Trinajstić information content (AvgIpc) is 3.23. The smallest absolute Gasteiger partial charge is 0.234 e. The van der Waals surface area contributed by atoms with Gasteiger partial charge in [0, 0.05) is 41.9 Å². The standard InChI is InChI=1S/C26H28N6OS/c1-19-29-30-26(32(19)17-20-8-4-2-5-9-20)34-18-25(33)28-23-10-11-24(31-14-6-3-7-15-31)21-12-13-27-16-22(21)23/h2,4-5,8-13,16H,3,6-7,14-15,17-18H2,1H3,(H,28,33). The van der Waals surface area contributed by atoms with E-state index < -0.39 is 0 Å². The number of aromatic nitrogens is 4. The zero-order valence-electron chi connectivity index (χ0n) is 19.3. The van der Waals surface area contributed by atoms with Gasteiger partial charge in [-0.15, -0.1) is 10.2 Å². The van der Waals surface area contributed by atoms with Gasteiger partial charge in [-0.2, -0.15) is 0 Å². The van der Waals surface area contributed by atoms with Crippen molar-refractivity contribution in [2.45, 2.75) is 37.9 Å². The van der Waals surface area contributed by atoms with E-state index in [0.29, 0.717) is 6.54 Å². The Morgan fingerprint density at radius 1 is 1.00 bits per heavy atom. The third-order valence-electron chi connectivity index (χ3n) is 6.18. The maximum Gasteiger partial charge on any atom is 0.234 e. The van der Waals surface area contributed by atoms with Crippen LogP contribution >= 0.6 is 11.8 Å². The van der Waals surface area contributed by atoms with E-state index in [2.05, 4.69) is 43.6 Å². The molecule has 4 aromatic rings. The second-order valence-corrected chi connectivity index (χ2v) is 9.48. The van der Waals surface area contributed by atoms with Gasteiger partial charge in [0.1, 0.15) is 5.82 Å². The molecule has 0 radical (unpaired) electrons. The van der Waals surface area contributed by atoms with Gasteiger partial charge in [0.2, 0.25) is 5.91 Å². The molecule has 8 heteroatoms. The van der Waals surface area contributed by atoms with Crippen LogP contribution in [0.1, 0.15) is 30.7 Å². The first kappa shape index (κ1) is 22.4. The number of aryl methyl sites for hydroxylation is 1. The third kappa shape index (κ3) is 4.92. The Morgan fingerprint density at radius 2 is 1.82 bits per heavy atom. The van der Waals surface area contributed by atoms with Gasteiger partial charge in [-0.25, -0.2) is 0 Å². The van der Waals surface area contributed by atoms with Crippen molar-refractivity contribution >= 4 is 39.8 Å². The fourth-order valence-electron chi connectivity index (χ4n) is 4.43. The molecule has 1 fully saturated rings. The molecule has 0 saturated carbocycles. The number of piperidine rings is 1. The summed E-state index contributed by atoms with van der Waals surface area (Å²) < 4.78 is 2.04. The zero-order chi connectivity index (χ0) is 23.3. The molecule has 1 aliphatic rings. The first-order valence-corrected chi connectivity index (χ1v) is 12.7. The maximum atomic E-state index is 12.9. The number of anilines is 2. The molecule has 0 spiro atoms. The molecule has 5 rings (SSSR count). The number of fused-ring (bicyclic) bond motifs is 1. The lowest BCUT2D eigenvalue weighted by Crippen LogP contribution is -2.29. The number of nitrogens with zero attached hydrogens (tertiary/aromatic N) is 5. The van der Waals surface area contributed by atoms with Crippen molar-refractivity contribution in [2.75, 3.05) is 29.1 Å². The van der Waals surface area contributed by atoms with Crippen LogP contribution in [0.4, 0.5) is 11.4 Å². The number of benzene rings is 2. The quantitative estimate of drug-likeness (QED) is 0.386. The number of carbonyl (C=O) groups is 1. The van der Waals surface area contributed by atoms with E-state index >= 15 is 0 Å². The molecule has 174 valence electrons. The Hall–Kier alpha value is -3.39. The second kappa shape index (κ2) is 10.3. The summed E-state index contributed by atoms with van der Waals surface area (Å²) in [6.45, 7) is 4.76. The Bertz CT molecular complexity index is 1280. The third-order valence-corrected chi connectivity index (χ3v) is 7.15. The number of rotatable bonds is 7. The molecule has 0 unspecified atom stereocenters. The number of amides is 1. The van der Waals surface area contributed by atoms with Crippen molar-refractivity contribution < 1.29 is 4.79 Å². The van der Waals surface area contributed by atoms with E-state index in [0.717, 1.165) is 40.5 Å². The van der Waals surface area contributed by atoms with Crippen LogP contribution in [-0.4, -0.2) is 44.5 Å². The molecular weight excluding hydrogens is 444 g/mol. The summed E-state index contributed by atoms with van der Waals surface area (Å²) in [5.41, 5.74) is 3.18. The van der Waals surface area contributed by atoms with E-state index in [-0.39, 0.29) is 11.7 Å². The highest BCUT2D eigenvalue weighted by Crippen LogP contribution is 2.33. The molecule has 34 heavy (non-hydrogen) atoms. The summed E-state index contributed by atoms with van der Waals surface area (Å²) in [7, 11) is 0. The molecule has 1 amide bonds.